The van der Waals surface area contributed by atoms with Gasteiger partial charge in [0.2, 0.25) is 0 Å². The van der Waals surface area contributed by atoms with Crippen LogP contribution in [-0.2, 0) is 6.42 Å². The highest BCUT2D eigenvalue weighted by molar-refractivity contribution is 9.10. The molecule has 0 aliphatic heterocycles. The fourth-order valence-electron chi connectivity index (χ4n) is 1.80. The lowest BCUT2D eigenvalue weighted by Crippen LogP contribution is -2.30. The molecule has 19 heavy (non-hydrogen) atoms. The standard InChI is InChI=1S/C13H12BrCl2N3/c14-10-2-1-5-18-13(10)12(19-17)6-8-3-4-9(15)7-11(8)16/h1-5,7,12,19H,6,17H2. The van der Waals surface area contributed by atoms with Crippen molar-refractivity contribution in [3.8, 4) is 0 Å². The number of benzene rings is 1. The van der Waals surface area contributed by atoms with Crippen molar-refractivity contribution >= 4 is 39.1 Å². The molecule has 0 amide bonds. The molecule has 100 valence electrons. The van der Waals surface area contributed by atoms with E-state index in [0.717, 1.165) is 15.7 Å². The maximum atomic E-state index is 6.17. The van der Waals surface area contributed by atoms with E-state index in [1.165, 1.54) is 0 Å². The van der Waals surface area contributed by atoms with E-state index in [0.29, 0.717) is 16.5 Å². The maximum Gasteiger partial charge on any atom is 0.0731 e. The number of hydrogen-bond donors (Lipinski definition) is 2. The summed E-state index contributed by atoms with van der Waals surface area (Å²) in [7, 11) is 0. The molecule has 0 aliphatic rings. The van der Waals surface area contributed by atoms with Crippen LogP contribution in [0.4, 0.5) is 0 Å². The number of nitrogens with one attached hydrogen (secondary N) is 1. The van der Waals surface area contributed by atoms with E-state index in [4.69, 9.17) is 29.0 Å². The first kappa shape index (κ1) is 14.8. The van der Waals surface area contributed by atoms with Gasteiger partial charge in [-0.25, -0.2) is 0 Å². The smallest absolute Gasteiger partial charge is 0.0731 e. The van der Waals surface area contributed by atoms with Gasteiger partial charge in [0.05, 0.1) is 11.7 Å². The largest absolute Gasteiger partial charge is 0.271 e. The summed E-state index contributed by atoms with van der Waals surface area (Å²) in [5.74, 6) is 5.62. The third kappa shape index (κ3) is 3.68. The minimum absolute atomic E-state index is 0.130. The summed E-state index contributed by atoms with van der Waals surface area (Å²) in [6, 6.07) is 9.08. The average Bonchev–Trinajstić information content (AvgIpc) is 2.39. The number of halogens is 3. The van der Waals surface area contributed by atoms with Crippen LogP contribution in [0.1, 0.15) is 17.3 Å². The Morgan fingerprint density at radius 2 is 2.11 bits per heavy atom. The third-order valence-electron chi connectivity index (χ3n) is 2.76. The van der Waals surface area contributed by atoms with Gasteiger partial charge in [0.25, 0.3) is 0 Å². The van der Waals surface area contributed by atoms with Crippen LogP contribution in [-0.4, -0.2) is 4.98 Å². The van der Waals surface area contributed by atoms with Crippen LogP contribution in [0, 0.1) is 0 Å². The van der Waals surface area contributed by atoms with E-state index >= 15 is 0 Å². The lowest BCUT2D eigenvalue weighted by Gasteiger charge is -2.17. The Morgan fingerprint density at radius 3 is 2.74 bits per heavy atom. The van der Waals surface area contributed by atoms with Crippen molar-refractivity contribution < 1.29 is 0 Å². The molecule has 1 aromatic carbocycles. The fraction of sp³-hybridized carbons (Fsp3) is 0.154. The molecule has 2 rings (SSSR count). The van der Waals surface area contributed by atoms with Gasteiger partial charge in [-0.15, -0.1) is 0 Å². The molecular formula is C13H12BrCl2N3. The van der Waals surface area contributed by atoms with Crippen LogP contribution in [0.2, 0.25) is 10.0 Å². The molecular weight excluding hydrogens is 349 g/mol. The number of rotatable bonds is 4. The minimum atomic E-state index is -0.130. The topological polar surface area (TPSA) is 50.9 Å². The Hall–Kier alpha value is -0.650. The van der Waals surface area contributed by atoms with Crippen LogP contribution in [0.3, 0.4) is 0 Å². The normalized spacial score (nSPS) is 12.4. The van der Waals surface area contributed by atoms with Crippen LogP contribution in [0.5, 0.6) is 0 Å². The van der Waals surface area contributed by atoms with Crippen LogP contribution < -0.4 is 11.3 Å². The Balaban J connectivity index is 2.27. The highest BCUT2D eigenvalue weighted by atomic mass is 79.9. The minimum Gasteiger partial charge on any atom is -0.271 e. The third-order valence-corrected chi connectivity index (χ3v) is 4.01. The van der Waals surface area contributed by atoms with Gasteiger partial charge in [0, 0.05) is 20.7 Å². The first-order valence-corrected chi connectivity index (χ1v) is 7.17. The van der Waals surface area contributed by atoms with Crippen molar-refractivity contribution in [1.29, 1.82) is 0 Å². The zero-order chi connectivity index (χ0) is 13.8. The molecule has 3 nitrogen and oxygen atoms in total. The summed E-state index contributed by atoms with van der Waals surface area (Å²) < 4.78 is 0.906. The van der Waals surface area contributed by atoms with Gasteiger partial charge in [-0.1, -0.05) is 29.3 Å². The van der Waals surface area contributed by atoms with Crippen molar-refractivity contribution in [1.82, 2.24) is 10.4 Å². The predicted molar refractivity (Wildman–Crippen MR) is 82.2 cm³/mol. The van der Waals surface area contributed by atoms with E-state index < -0.39 is 0 Å². The molecule has 0 radical (unpaired) electrons. The molecule has 2 aromatic rings. The van der Waals surface area contributed by atoms with Crippen LogP contribution in [0.15, 0.2) is 41.0 Å². The van der Waals surface area contributed by atoms with Gasteiger partial charge >= 0.3 is 0 Å². The molecule has 6 heteroatoms. The van der Waals surface area contributed by atoms with Crippen LogP contribution >= 0.6 is 39.1 Å². The van der Waals surface area contributed by atoms with Crippen molar-refractivity contribution in [3.63, 3.8) is 0 Å². The molecule has 0 saturated carbocycles. The summed E-state index contributed by atoms with van der Waals surface area (Å²) in [6.07, 6.45) is 2.36. The van der Waals surface area contributed by atoms with Gasteiger partial charge < -0.3 is 0 Å². The summed E-state index contributed by atoms with van der Waals surface area (Å²) in [5.41, 5.74) is 4.57. The van der Waals surface area contributed by atoms with Crippen molar-refractivity contribution in [2.75, 3.05) is 0 Å². The molecule has 1 heterocycles. The zero-order valence-corrected chi connectivity index (χ0v) is 13.0. The van der Waals surface area contributed by atoms with E-state index in [1.807, 2.05) is 24.3 Å². The molecule has 0 spiro atoms. The number of aromatic nitrogens is 1. The summed E-state index contributed by atoms with van der Waals surface area (Å²) in [4.78, 5) is 4.33. The predicted octanol–water partition coefficient (Wildman–Crippen LogP) is 3.90. The zero-order valence-electron chi connectivity index (χ0n) is 9.91. The van der Waals surface area contributed by atoms with Crippen LogP contribution in [0.25, 0.3) is 0 Å². The lowest BCUT2D eigenvalue weighted by molar-refractivity contribution is 0.536. The molecule has 0 fully saturated rings. The molecule has 0 aliphatic carbocycles. The highest BCUT2D eigenvalue weighted by Crippen LogP contribution is 2.27. The molecule has 0 bridgehead atoms. The quantitative estimate of drug-likeness (QED) is 0.642. The highest BCUT2D eigenvalue weighted by Gasteiger charge is 2.16. The number of hydrazine groups is 1. The molecule has 1 unspecified atom stereocenters. The number of nitrogens with zero attached hydrogens (tertiary/aromatic N) is 1. The number of pyridine rings is 1. The summed E-state index contributed by atoms with van der Waals surface area (Å²) in [6.45, 7) is 0. The van der Waals surface area contributed by atoms with Crippen molar-refractivity contribution in [3.05, 3.63) is 62.3 Å². The van der Waals surface area contributed by atoms with E-state index in [2.05, 4.69) is 26.3 Å². The van der Waals surface area contributed by atoms with E-state index in [1.54, 1.807) is 12.3 Å². The first-order chi connectivity index (χ1) is 9.11. The molecule has 1 aromatic heterocycles. The lowest BCUT2D eigenvalue weighted by atomic mass is 10.0. The van der Waals surface area contributed by atoms with Gasteiger partial charge in [0.1, 0.15) is 0 Å². The van der Waals surface area contributed by atoms with Crippen molar-refractivity contribution in [2.24, 2.45) is 5.84 Å². The summed E-state index contributed by atoms with van der Waals surface area (Å²) in [5, 5.41) is 1.24. The first-order valence-electron chi connectivity index (χ1n) is 5.62. The maximum absolute atomic E-state index is 6.17. The number of hydrogen-bond acceptors (Lipinski definition) is 3. The van der Waals surface area contributed by atoms with E-state index in [-0.39, 0.29) is 6.04 Å². The second-order valence-electron chi connectivity index (χ2n) is 4.03. The monoisotopic (exact) mass is 359 g/mol. The Kier molecular flexibility index (Phi) is 5.19. The SMILES string of the molecule is NNC(Cc1ccc(Cl)cc1Cl)c1ncccc1Br. The Bertz CT molecular complexity index is 578. The Morgan fingerprint density at radius 1 is 1.32 bits per heavy atom. The van der Waals surface area contributed by atoms with Crippen molar-refractivity contribution in [2.45, 2.75) is 12.5 Å². The Labute approximate surface area is 130 Å². The van der Waals surface area contributed by atoms with Gasteiger partial charge in [-0.3, -0.25) is 16.3 Å². The second-order valence-corrected chi connectivity index (χ2v) is 5.73. The second kappa shape index (κ2) is 6.68. The number of nitrogens with two attached hydrogens (primary N) is 1. The van der Waals surface area contributed by atoms with E-state index in [9.17, 15) is 0 Å². The van der Waals surface area contributed by atoms with Gasteiger partial charge in [0.15, 0.2) is 0 Å². The van der Waals surface area contributed by atoms with Gasteiger partial charge in [-0.2, -0.15) is 0 Å². The summed E-state index contributed by atoms with van der Waals surface area (Å²) >= 11 is 15.5. The van der Waals surface area contributed by atoms with Gasteiger partial charge in [-0.05, 0) is 52.2 Å². The molecule has 1 atom stereocenters. The molecule has 3 N–H and O–H groups in total. The fourth-order valence-corrected chi connectivity index (χ4v) is 2.81. The average molecular weight is 361 g/mol. The molecule has 0 saturated heterocycles.